The first-order valence-electron chi connectivity index (χ1n) is 9.49. The summed E-state index contributed by atoms with van der Waals surface area (Å²) in [6, 6.07) is 14.6. The van der Waals surface area contributed by atoms with Gasteiger partial charge in [0.2, 0.25) is 15.8 Å². The summed E-state index contributed by atoms with van der Waals surface area (Å²) >= 11 is 0. The van der Waals surface area contributed by atoms with Gasteiger partial charge in [-0.15, -0.1) is 0 Å². The Morgan fingerprint density at radius 3 is 2.43 bits per heavy atom. The molecule has 0 bridgehead atoms. The topological polar surface area (TPSA) is 106 Å². The van der Waals surface area contributed by atoms with E-state index in [4.69, 9.17) is 9.15 Å². The van der Waals surface area contributed by atoms with Crippen molar-refractivity contribution in [1.29, 1.82) is 0 Å². The highest BCUT2D eigenvalue weighted by molar-refractivity contribution is 7.89. The Bertz CT molecular complexity index is 1140. The van der Waals surface area contributed by atoms with Gasteiger partial charge in [-0.25, -0.2) is 13.2 Å². The fourth-order valence-corrected chi connectivity index (χ4v) is 4.79. The van der Waals surface area contributed by atoms with Gasteiger partial charge < -0.3 is 14.5 Å². The number of sulfonamides is 1. The lowest BCUT2D eigenvalue weighted by atomic mass is 10.2. The Balaban J connectivity index is 1.33. The summed E-state index contributed by atoms with van der Waals surface area (Å²) in [5.74, 6) is -1.27. The Hall–Kier alpha value is -3.17. The molecule has 1 fully saturated rings. The molecule has 3 aromatic rings. The van der Waals surface area contributed by atoms with Gasteiger partial charge in [-0.1, -0.05) is 18.2 Å². The van der Waals surface area contributed by atoms with E-state index in [0.29, 0.717) is 24.4 Å². The molecule has 0 aliphatic carbocycles. The third-order valence-electron chi connectivity index (χ3n) is 4.80. The van der Waals surface area contributed by atoms with Crippen LogP contribution < -0.4 is 5.32 Å². The number of esters is 1. The predicted molar refractivity (Wildman–Crippen MR) is 110 cm³/mol. The lowest BCUT2D eigenvalue weighted by molar-refractivity contribution is -0.119. The fourth-order valence-electron chi connectivity index (χ4n) is 3.27. The molecule has 1 aliphatic rings. The van der Waals surface area contributed by atoms with Crippen molar-refractivity contribution in [2.24, 2.45) is 0 Å². The largest absolute Gasteiger partial charge is 0.450 e. The molecule has 1 N–H and O–H groups in total. The zero-order valence-electron chi connectivity index (χ0n) is 16.0. The van der Waals surface area contributed by atoms with Crippen LogP contribution in [0.2, 0.25) is 0 Å². The number of nitrogens with zero attached hydrogens (tertiary/aromatic N) is 1. The number of anilines is 1. The van der Waals surface area contributed by atoms with Gasteiger partial charge in [-0.2, -0.15) is 4.31 Å². The standard InChI is InChI=1S/C21H20N2O6S/c24-20(14-28-21(25)19-13-15-5-1-2-6-18(15)29-19)22-16-7-9-17(10-8-16)30(26,27)23-11-3-4-12-23/h1-2,5-10,13H,3-4,11-12,14H2,(H,22,24). The minimum Gasteiger partial charge on any atom is -0.450 e. The lowest BCUT2D eigenvalue weighted by Crippen LogP contribution is -2.27. The maximum atomic E-state index is 12.5. The molecular formula is C21H20N2O6S. The summed E-state index contributed by atoms with van der Waals surface area (Å²) in [7, 11) is -3.51. The number of carbonyl (C=O) groups excluding carboxylic acids is 2. The van der Waals surface area contributed by atoms with Gasteiger partial charge in [0.05, 0.1) is 4.90 Å². The number of benzene rings is 2. The second-order valence-corrected chi connectivity index (χ2v) is 8.85. The molecule has 0 spiro atoms. The van der Waals surface area contributed by atoms with Gasteiger partial charge in [-0.3, -0.25) is 4.79 Å². The molecular weight excluding hydrogens is 408 g/mol. The minimum absolute atomic E-state index is 0.0143. The van der Waals surface area contributed by atoms with E-state index >= 15 is 0 Å². The zero-order chi connectivity index (χ0) is 21.1. The van der Waals surface area contributed by atoms with E-state index in [9.17, 15) is 18.0 Å². The van der Waals surface area contributed by atoms with Crippen molar-refractivity contribution >= 4 is 38.6 Å². The van der Waals surface area contributed by atoms with Crippen molar-refractivity contribution in [2.45, 2.75) is 17.7 Å². The summed E-state index contributed by atoms with van der Waals surface area (Å²) < 4.78 is 36.9. The van der Waals surface area contributed by atoms with Crippen LogP contribution in [0.3, 0.4) is 0 Å². The molecule has 0 radical (unpaired) electrons. The average molecular weight is 428 g/mol. The van der Waals surface area contributed by atoms with Crippen LogP contribution in [0.15, 0.2) is 63.9 Å². The number of hydrogen-bond donors (Lipinski definition) is 1. The van der Waals surface area contributed by atoms with Crippen molar-refractivity contribution in [3.05, 3.63) is 60.4 Å². The third kappa shape index (κ3) is 4.22. The maximum Gasteiger partial charge on any atom is 0.374 e. The van der Waals surface area contributed by atoms with Crippen molar-refractivity contribution in [1.82, 2.24) is 4.31 Å². The third-order valence-corrected chi connectivity index (χ3v) is 6.71. The van der Waals surface area contributed by atoms with Gasteiger partial charge >= 0.3 is 5.97 Å². The Morgan fingerprint density at radius 2 is 1.73 bits per heavy atom. The molecule has 30 heavy (non-hydrogen) atoms. The average Bonchev–Trinajstić information content (AvgIpc) is 3.42. The smallest absolute Gasteiger partial charge is 0.374 e. The van der Waals surface area contributed by atoms with Gasteiger partial charge in [0, 0.05) is 24.2 Å². The summed E-state index contributed by atoms with van der Waals surface area (Å²) in [4.78, 5) is 24.3. The molecule has 9 heteroatoms. The monoisotopic (exact) mass is 428 g/mol. The molecule has 2 aromatic carbocycles. The number of hydrogen-bond acceptors (Lipinski definition) is 6. The van der Waals surface area contributed by atoms with Crippen LogP contribution in [0.5, 0.6) is 0 Å². The van der Waals surface area contributed by atoms with Crippen LogP contribution in [0.25, 0.3) is 11.0 Å². The summed E-state index contributed by atoms with van der Waals surface area (Å²) in [6.07, 6.45) is 1.72. The molecule has 0 unspecified atom stereocenters. The fraction of sp³-hybridized carbons (Fsp3) is 0.238. The Labute approximate surface area is 173 Å². The summed E-state index contributed by atoms with van der Waals surface area (Å²) in [5.41, 5.74) is 0.957. The van der Waals surface area contributed by atoms with E-state index in [1.165, 1.54) is 28.6 Å². The predicted octanol–water partition coefficient (Wildman–Crippen LogP) is 3.01. The number of amides is 1. The maximum absolute atomic E-state index is 12.5. The molecule has 1 aromatic heterocycles. The molecule has 2 heterocycles. The highest BCUT2D eigenvalue weighted by Gasteiger charge is 2.27. The van der Waals surface area contributed by atoms with E-state index in [2.05, 4.69) is 5.32 Å². The highest BCUT2D eigenvalue weighted by atomic mass is 32.2. The number of furan rings is 1. The first kappa shape index (κ1) is 20.1. The van der Waals surface area contributed by atoms with E-state index in [0.717, 1.165) is 18.2 Å². The Kier molecular flexibility index (Phi) is 5.56. The number of ether oxygens (including phenoxy) is 1. The normalized spacial score (nSPS) is 14.7. The zero-order valence-corrected chi connectivity index (χ0v) is 16.9. The second-order valence-electron chi connectivity index (χ2n) is 6.91. The van der Waals surface area contributed by atoms with E-state index in [1.54, 1.807) is 24.3 Å². The van der Waals surface area contributed by atoms with Crippen LogP contribution >= 0.6 is 0 Å². The van der Waals surface area contributed by atoms with E-state index in [1.807, 2.05) is 6.07 Å². The van der Waals surface area contributed by atoms with Crippen molar-refractivity contribution in [3.8, 4) is 0 Å². The Morgan fingerprint density at radius 1 is 1.03 bits per heavy atom. The first-order chi connectivity index (χ1) is 14.4. The molecule has 8 nitrogen and oxygen atoms in total. The molecule has 4 rings (SSSR count). The lowest BCUT2D eigenvalue weighted by Gasteiger charge is -2.15. The number of carbonyl (C=O) groups is 2. The molecule has 0 saturated carbocycles. The quantitative estimate of drug-likeness (QED) is 0.605. The van der Waals surface area contributed by atoms with Crippen LogP contribution in [0.4, 0.5) is 5.69 Å². The van der Waals surface area contributed by atoms with Crippen LogP contribution in [0.1, 0.15) is 23.4 Å². The second kappa shape index (κ2) is 8.29. The van der Waals surface area contributed by atoms with Crippen LogP contribution in [-0.4, -0.2) is 44.3 Å². The number of fused-ring (bicyclic) bond motifs is 1. The minimum atomic E-state index is -3.51. The number of para-hydroxylation sites is 1. The van der Waals surface area contributed by atoms with E-state index in [-0.39, 0.29) is 10.7 Å². The summed E-state index contributed by atoms with van der Waals surface area (Å²) in [6.45, 7) is 0.554. The van der Waals surface area contributed by atoms with Crippen molar-refractivity contribution < 1.29 is 27.2 Å². The molecule has 1 saturated heterocycles. The van der Waals surface area contributed by atoms with Crippen molar-refractivity contribution in [3.63, 3.8) is 0 Å². The highest BCUT2D eigenvalue weighted by Crippen LogP contribution is 2.22. The van der Waals surface area contributed by atoms with Gasteiger partial charge in [0.15, 0.2) is 6.61 Å². The SMILES string of the molecule is O=C(COC(=O)c1cc2ccccc2o1)Nc1ccc(S(=O)(=O)N2CCCC2)cc1. The number of nitrogens with one attached hydrogen (secondary N) is 1. The van der Waals surface area contributed by atoms with Crippen LogP contribution in [0, 0.1) is 0 Å². The first-order valence-corrected chi connectivity index (χ1v) is 10.9. The summed E-state index contributed by atoms with van der Waals surface area (Å²) in [5, 5.41) is 3.33. The van der Waals surface area contributed by atoms with Gasteiger partial charge in [-0.05, 0) is 49.2 Å². The molecule has 1 aliphatic heterocycles. The van der Waals surface area contributed by atoms with Crippen molar-refractivity contribution in [2.75, 3.05) is 25.0 Å². The number of rotatable bonds is 6. The van der Waals surface area contributed by atoms with Crippen LogP contribution in [-0.2, 0) is 19.6 Å². The van der Waals surface area contributed by atoms with Gasteiger partial charge in [0.25, 0.3) is 5.91 Å². The van der Waals surface area contributed by atoms with E-state index < -0.39 is 28.5 Å². The molecule has 1 amide bonds. The molecule has 0 atom stereocenters. The van der Waals surface area contributed by atoms with Gasteiger partial charge in [0.1, 0.15) is 5.58 Å². The molecule has 156 valence electrons.